The van der Waals surface area contributed by atoms with Gasteiger partial charge in [-0.2, -0.15) is 0 Å². The second-order valence-corrected chi connectivity index (χ2v) is 4.32. The van der Waals surface area contributed by atoms with Gasteiger partial charge in [-0.1, -0.05) is 0 Å². The summed E-state index contributed by atoms with van der Waals surface area (Å²) in [6.45, 7) is 2.06. The Labute approximate surface area is 80.3 Å². The molecule has 0 radical (unpaired) electrons. The van der Waals surface area contributed by atoms with E-state index in [-0.39, 0.29) is 5.54 Å². The summed E-state index contributed by atoms with van der Waals surface area (Å²) in [5, 5.41) is 0. The number of nitrogens with two attached hydrogens (primary N) is 1. The standard InChI is InChI=1S/C9H11BrN2/c1-6-4-12-5-7(10)8(6)9(11)2-3-9/h4-5H,2-3,11H2,1H3. The molecule has 1 aliphatic rings. The van der Waals surface area contributed by atoms with Crippen molar-refractivity contribution in [2.75, 3.05) is 0 Å². The highest BCUT2D eigenvalue weighted by atomic mass is 79.9. The summed E-state index contributed by atoms with van der Waals surface area (Å²) in [5.74, 6) is 0. The minimum Gasteiger partial charge on any atom is -0.321 e. The molecule has 0 aliphatic heterocycles. The van der Waals surface area contributed by atoms with Crippen LogP contribution in [0.5, 0.6) is 0 Å². The molecule has 1 fully saturated rings. The third-order valence-corrected chi connectivity index (χ3v) is 2.98. The monoisotopic (exact) mass is 226 g/mol. The highest BCUT2D eigenvalue weighted by Crippen LogP contribution is 2.46. The summed E-state index contributed by atoms with van der Waals surface area (Å²) in [7, 11) is 0. The quantitative estimate of drug-likeness (QED) is 0.797. The van der Waals surface area contributed by atoms with Crippen LogP contribution in [0.3, 0.4) is 0 Å². The summed E-state index contributed by atoms with van der Waals surface area (Å²) in [4.78, 5) is 4.08. The van der Waals surface area contributed by atoms with Gasteiger partial charge in [0.15, 0.2) is 0 Å². The van der Waals surface area contributed by atoms with Crippen LogP contribution in [-0.4, -0.2) is 4.98 Å². The number of aryl methyl sites for hydroxylation is 1. The second kappa shape index (κ2) is 2.54. The van der Waals surface area contributed by atoms with Crippen LogP contribution < -0.4 is 5.73 Å². The largest absolute Gasteiger partial charge is 0.321 e. The normalized spacial score (nSPS) is 19.2. The molecule has 1 heterocycles. The molecule has 1 aromatic rings. The molecule has 0 bridgehead atoms. The van der Waals surface area contributed by atoms with Crippen molar-refractivity contribution in [3.8, 4) is 0 Å². The van der Waals surface area contributed by atoms with Gasteiger partial charge in [0.05, 0.1) is 0 Å². The Morgan fingerprint density at radius 2 is 2.17 bits per heavy atom. The zero-order valence-electron chi connectivity index (χ0n) is 6.97. The van der Waals surface area contributed by atoms with Gasteiger partial charge in [-0.3, -0.25) is 4.98 Å². The van der Waals surface area contributed by atoms with E-state index < -0.39 is 0 Å². The van der Waals surface area contributed by atoms with E-state index in [1.807, 2.05) is 12.4 Å². The lowest BCUT2D eigenvalue weighted by molar-refractivity contribution is 0.726. The maximum Gasteiger partial charge on any atom is 0.0426 e. The molecule has 3 heteroatoms. The van der Waals surface area contributed by atoms with Crippen LogP contribution in [-0.2, 0) is 5.54 Å². The fourth-order valence-corrected chi connectivity index (χ4v) is 2.37. The number of nitrogens with zero attached hydrogens (tertiary/aromatic N) is 1. The lowest BCUT2D eigenvalue weighted by Crippen LogP contribution is -2.20. The van der Waals surface area contributed by atoms with E-state index in [2.05, 4.69) is 27.8 Å². The van der Waals surface area contributed by atoms with Gasteiger partial charge in [-0.05, 0) is 46.8 Å². The maximum absolute atomic E-state index is 6.11. The first kappa shape index (κ1) is 8.20. The molecule has 2 N–H and O–H groups in total. The molecule has 0 aromatic carbocycles. The van der Waals surface area contributed by atoms with E-state index in [4.69, 9.17) is 5.73 Å². The van der Waals surface area contributed by atoms with E-state index in [1.54, 1.807) is 0 Å². The predicted molar refractivity (Wildman–Crippen MR) is 51.8 cm³/mol. The Morgan fingerprint density at radius 1 is 1.50 bits per heavy atom. The van der Waals surface area contributed by atoms with E-state index >= 15 is 0 Å². The van der Waals surface area contributed by atoms with E-state index in [0.29, 0.717) is 0 Å². The van der Waals surface area contributed by atoms with Gasteiger partial charge in [0, 0.05) is 22.4 Å². The van der Waals surface area contributed by atoms with Gasteiger partial charge in [0.1, 0.15) is 0 Å². The summed E-state index contributed by atoms with van der Waals surface area (Å²) in [5.41, 5.74) is 8.47. The van der Waals surface area contributed by atoms with E-state index in [1.165, 1.54) is 11.1 Å². The molecular formula is C9H11BrN2. The maximum atomic E-state index is 6.11. The highest BCUT2D eigenvalue weighted by molar-refractivity contribution is 9.10. The molecule has 0 unspecified atom stereocenters. The van der Waals surface area contributed by atoms with Crippen LogP contribution in [0.25, 0.3) is 0 Å². The molecule has 12 heavy (non-hydrogen) atoms. The van der Waals surface area contributed by atoms with E-state index in [9.17, 15) is 0 Å². The SMILES string of the molecule is Cc1cncc(Br)c1C1(N)CC1. The Morgan fingerprint density at radius 3 is 2.67 bits per heavy atom. The average molecular weight is 227 g/mol. The minimum absolute atomic E-state index is 0.0636. The van der Waals surface area contributed by atoms with Crippen LogP contribution in [0.2, 0.25) is 0 Å². The smallest absolute Gasteiger partial charge is 0.0426 e. The Hall–Kier alpha value is -0.410. The first-order chi connectivity index (χ1) is 5.63. The number of pyridine rings is 1. The molecule has 0 spiro atoms. The lowest BCUT2D eigenvalue weighted by atomic mass is 10.0. The van der Waals surface area contributed by atoms with Gasteiger partial charge in [0.25, 0.3) is 0 Å². The van der Waals surface area contributed by atoms with Crippen molar-refractivity contribution < 1.29 is 0 Å². The molecular weight excluding hydrogens is 216 g/mol. The van der Waals surface area contributed by atoms with Crippen LogP contribution in [0.1, 0.15) is 24.0 Å². The lowest BCUT2D eigenvalue weighted by Gasteiger charge is -2.13. The van der Waals surface area contributed by atoms with Gasteiger partial charge >= 0.3 is 0 Å². The Balaban J connectivity index is 2.55. The van der Waals surface area contributed by atoms with Crippen LogP contribution >= 0.6 is 15.9 Å². The van der Waals surface area contributed by atoms with Crippen LogP contribution in [0, 0.1) is 6.92 Å². The molecule has 2 nitrogen and oxygen atoms in total. The van der Waals surface area contributed by atoms with Gasteiger partial charge in [-0.15, -0.1) is 0 Å². The van der Waals surface area contributed by atoms with E-state index in [0.717, 1.165) is 17.3 Å². The van der Waals surface area contributed by atoms with Crippen molar-refractivity contribution in [1.82, 2.24) is 4.98 Å². The molecule has 0 amide bonds. The van der Waals surface area contributed by atoms with Crippen molar-refractivity contribution in [3.05, 3.63) is 28.0 Å². The van der Waals surface area contributed by atoms with Gasteiger partial charge in [0.2, 0.25) is 0 Å². The number of rotatable bonds is 1. The van der Waals surface area contributed by atoms with Crippen molar-refractivity contribution in [3.63, 3.8) is 0 Å². The Bertz CT molecular complexity index is 298. The highest BCUT2D eigenvalue weighted by Gasteiger charge is 2.42. The zero-order valence-corrected chi connectivity index (χ0v) is 8.56. The van der Waals surface area contributed by atoms with Crippen molar-refractivity contribution in [2.45, 2.75) is 25.3 Å². The molecule has 0 atom stereocenters. The van der Waals surface area contributed by atoms with Crippen LogP contribution in [0.4, 0.5) is 0 Å². The summed E-state index contributed by atoms with van der Waals surface area (Å²) in [6, 6.07) is 0. The van der Waals surface area contributed by atoms with Gasteiger partial charge < -0.3 is 5.73 Å². The van der Waals surface area contributed by atoms with Crippen molar-refractivity contribution in [2.24, 2.45) is 5.73 Å². The summed E-state index contributed by atoms with van der Waals surface area (Å²) < 4.78 is 1.04. The first-order valence-corrected chi connectivity index (χ1v) is 4.82. The number of aromatic nitrogens is 1. The summed E-state index contributed by atoms with van der Waals surface area (Å²) >= 11 is 3.48. The molecule has 1 saturated carbocycles. The second-order valence-electron chi connectivity index (χ2n) is 3.47. The molecule has 64 valence electrons. The Kier molecular flexibility index (Phi) is 1.73. The average Bonchev–Trinajstić information content (AvgIpc) is 2.68. The van der Waals surface area contributed by atoms with Gasteiger partial charge in [-0.25, -0.2) is 0 Å². The van der Waals surface area contributed by atoms with Crippen molar-refractivity contribution >= 4 is 15.9 Å². The third-order valence-electron chi connectivity index (χ3n) is 2.38. The molecule has 1 aliphatic carbocycles. The number of halogens is 1. The first-order valence-electron chi connectivity index (χ1n) is 4.03. The molecule has 0 saturated heterocycles. The zero-order chi connectivity index (χ0) is 8.77. The predicted octanol–water partition coefficient (Wildman–Crippen LogP) is 2.10. The van der Waals surface area contributed by atoms with Crippen molar-refractivity contribution in [1.29, 1.82) is 0 Å². The van der Waals surface area contributed by atoms with Crippen LogP contribution in [0.15, 0.2) is 16.9 Å². The molecule has 1 aromatic heterocycles. The fraction of sp³-hybridized carbons (Fsp3) is 0.444. The number of hydrogen-bond donors (Lipinski definition) is 1. The minimum atomic E-state index is -0.0636. The summed E-state index contributed by atoms with van der Waals surface area (Å²) in [6.07, 6.45) is 5.87. The number of hydrogen-bond acceptors (Lipinski definition) is 2. The topological polar surface area (TPSA) is 38.9 Å². The third kappa shape index (κ3) is 1.17. The fourth-order valence-electron chi connectivity index (χ4n) is 1.55. The molecule has 2 rings (SSSR count).